The number of anilines is 1. The van der Waals surface area contributed by atoms with E-state index in [1.165, 1.54) is 4.31 Å². The van der Waals surface area contributed by atoms with E-state index in [1.54, 1.807) is 18.2 Å². The summed E-state index contributed by atoms with van der Waals surface area (Å²) in [5, 5.41) is 3.57. The lowest BCUT2D eigenvalue weighted by molar-refractivity contribution is -0.148. The second-order valence-corrected chi connectivity index (χ2v) is 12.3. The van der Waals surface area contributed by atoms with Crippen molar-refractivity contribution >= 4 is 56.3 Å². The average molecular weight is 545 g/mol. The topological polar surface area (TPSA) is 113 Å². The van der Waals surface area contributed by atoms with Gasteiger partial charge in [-0.15, -0.1) is 0 Å². The van der Waals surface area contributed by atoms with E-state index >= 15 is 0 Å². The molecule has 2 amide bonds. The van der Waals surface area contributed by atoms with E-state index in [-0.39, 0.29) is 29.7 Å². The third-order valence-electron chi connectivity index (χ3n) is 8.37. The minimum absolute atomic E-state index is 0.0293. The van der Waals surface area contributed by atoms with Crippen LogP contribution in [0.1, 0.15) is 51.4 Å². The molecule has 0 radical (unpaired) electrons. The summed E-state index contributed by atoms with van der Waals surface area (Å²) >= 11 is 7.34. The van der Waals surface area contributed by atoms with Crippen molar-refractivity contribution in [2.75, 3.05) is 4.31 Å². The van der Waals surface area contributed by atoms with Gasteiger partial charge in [-0.1, -0.05) is 27.5 Å². The Labute approximate surface area is 203 Å². The summed E-state index contributed by atoms with van der Waals surface area (Å²) in [5.41, 5.74) is 4.62. The number of nitrogens with zero attached hydrogens (tertiary/aromatic N) is 1. The summed E-state index contributed by atoms with van der Waals surface area (Å²) in [5.74, 6) is 0.506. The number of halogens is 2. The maximum atomic E-state index is 13.7. The average Bonchev–Trinajstić information content (AvgIpc) is 2.67. The van der Waals surface area contributed by atoms with Crippen molar-refractivity contribution in [2.45, 2.75) is 62.9 Å². The molecule has 0 aliphatic heterocycles. The summed E-state index contributed by atoms with van der Waals surface area (Å²) in [6.45, 7) is 0. The predicted molar refractivity (Wildman–Crippen MR) is 126 cm³/mol. The number of hydrogen-bond acceptors (Lipinski definition) is 3. The zero-order valence-electron chi connectivity index (χ0n) is 17.6. The van der Waals surface area contributed by atoms with Crippen LogP contribution in [0.5, 0.6) is 0 Å². The molecule has 0 spiro atoms. The number of carbonyl (C=O) groups excluding carboxylic acids is 2. The highest BCUT2D eigenvalue weighted by Crippen LogP contribution is 2.60. The van der Waals surface area contributed by atoms with Crippen LogP contribution in [0.3, 0.4) is 0 Å². The Hall–Kier alpha value is -1.16. The molecule has 7 nitrogen and oxygen atoms in total. The second-order valence-electron chi connectivity index (χ2n) is 10.1. The molecule has 3 atom stereocenters. The highest BCUT2D eigenvalue weighted by atomic mass is 79.9. The summed E-state index contributed by atoms with van der Waals surface area (Å²) in [6.07, 6.45) is 6.07. The van der Waals surface area contributed by atoms with E-state index < -0.39 is 22.2 Å². The van der Waals surface area contributed by atoms with Crippen molar-refractivity contribution in [3.63, 3.8) is 0 Å². The first kappa shape index (κ1) is 22.6. The molecule has 4 bridgehead atoms. The number of primary amides is 1. The predicted octanol–water partition coefficient (Wildman–Crippen LogP) is 3.76. The van der Waals surface area contributed by atoms with Gasteiger partial charge in [0.05, 0.1) is 10.7 Å². The van der Waals surface area contributed by atoms with Gasteiger partial charge in [0.1, 0.15) is 5.54 Å². The maximum Gasteiger partial charge on any atom is 0.262 e. The monoisotopic (exact) mass is 543 g/mol. The Morgan fingerprint density at radius 2 is 1.88 bits per heavy atom. The Bertz CT molecular complexity index is 987. The van der Waals surface area contributed by atoms with Crippen molar-refractivity contribution in [1.82, 2.24) is 5.32 Å². The normalized spacial score (nSPS) is 35.1. The molecule has 0 heterocycles. The first-order valence-corrected chi connectivity index (χ1v) is 13.4. The number of benzene rings is 1. The molecule has 174 valence electrons. The van der Waals surface area contributed by atoms with Gasteiger partial charge in [-0.05, 0) is 87.3 Å². The highest BCUT2D eigenvalue weighted by molar-refractivity contribution is 9.10. The van der Waals surface area contributed by atoms with Crippen LogP contribution in [0, 0.1) is 23.2 Å². The van der Waals surface area contributed by atoms with E-state index in [2.05, 4.69) is 21.2 Å². The van der Waals surface area contributed by atoms with Gasteiger partial charge in [0, 0.05) is 15.9 Å². The molecule has 5 aliphatic rings. The molecule has 5 aliphatic carbocycles. The molecule has 6 rings (SSSR count). The minimum atomic E-state index is -2.42. The van der Waals surface area contributed by atoms with Crippen LogP contribution in [0.4, 0.5) is 5.69 Å². The molecule has 3 unspecified atom stereocenters. The van der Waals surface area contributed by atoms with Crippen LogP contribution in [0.2, 0.25) is 5.02 Å². The molecule has 1 aromatic carbocycles. The standard InChI is InChI=1S/C22H27BrClN3O4S/c23-15-2-3-17(16(24)8-15)27(32(30)31)22(4-1-5-22)20(29)26-18-13-6-12-7-14(18)11-21(9-12,10-13)19(25)28/h2-3,8,12-14,18H,1,4-7,9-11H2,(H2,25,28)(H,26,29)(H,30,31). The maximum absolute atomic E-state index is 13.7. The number of rotatable bonds is 6. The van der Waals surface area contributed by atoms with Crippen LogP contribution in [0.25, 0.3) is 0 Å². The molecule has 32 heavy (non-hydrogen) atoms. The van der Waals surface area contributed by atoms with E-state index in [9.17, 15) is 18.4 Å². The Morgan fingerprint density at radius 3 is 2.38 bits per heavy atom. The SMILES string of the molecule is NC(=O)C12CC3CC(C1)C(NC(=O)C1(N(c4ccc(Br)cc4Cl)S(=O)O)CCC1)C(C3)C2. The third-order valence-corrected chi connectivity index (χ3v) is 10.0. The van der Waals surface area contributed by atoms with Gasteiger partial charge in [-0.25, -0.2) is 4.21 Å². The molecule has 1 aromatic rings. The van der Waals surface area contributed by atoms with E-state index in [0.29, 0.717) is 29.5 Å². The Morgan fingerprint density at radius 1 is 1.22 bits per heavy atom. The highest BCUT2D eigenvalue weighted by Gasteiger charge is 2.60. The molecule has 10 heteroatoms. The smallest absolute Gasteiger partial charge is 0.262 e. The van der Waals surface area contributed by atoms with Crippen molar-refractivity contribution in [1.29, 1.82) is 0 Å². The van der Waals surface area contributed by atoms with Crippen LogP contribution in [-0.4, -0.2) is 32.2 Å². The van der Waals surface area contributed by atoms with Gasteiger partial charge >= 0.3 is 0 Å². The lowest BCUT2D eigenvalue weighted by Gasteiger charge is -2.59. The molecular weight excluding hydrogens is 518 g/mol. The fourth-order valence-electron chi connectivity index (χ4n) is 6.99. The lowest BCUT2D eigenvalue weighted by atomic mass is 9.47. The van der Waals surface area contributed by atoms with Crippen LogP contribution < -0.4 is 15.4 Å². The van der Waals surface area contributed by atoms with Crippen LogP contribution >= 0.6 is 27.5 Å². The molecule has 5 fully saturated rings. The van der Waals surface area contributed by atoms with E-state index in [1.807, 2.05) is 0 Å². The van der Waals surface area contributed by atoms with Crippen molar-refractivity contribution in [2.24, 2.45) is 28.9 Å². The molecule has 5 saturated carbocycles. The Balaban J connectivity index is 1.42. The molecule has 4 N–H and O–H groups in total. The molecule has 0 aromatic heterocycles. The first-order valence-electron chi connectivity index (χ1n) is 11.1. The van der Waals surface area contributed by atoms with Gasteiger partial charge < -0.3 is 11.1 Å². The van der Waals surface area contributed by atoms with Crippen LogP contribution in [-0.2, 0) is 20.9 Å². The third kappa shape index (κ3) is 3.42. The van der Waals surface area contributed by atoms with Crippen molar-refractivity contribution in [3.8, 4) is 0 Å². The Kier molecular flexibility index (Phi) is 5.63. The van der Waals surface area contributed by atoms with Gasteiger partial charge in [0.15, 0.2) is 0 Å². The lowest BCUT2D eigenvalue weighted by Crippen LogP contribution is -2.68. The number of hydrogen-bond donors (Lipinski definition) is 3. The fourth-order valence-corrected chi connectivity index (χ4v) is 8.69. The van der Waals surface area contributed by atoms with E-state index in [4.69, 9.17) is 17.3 Å². The summed E-state index contributed by atoms with van der Waals surface area (Å²) in [4.78, 5) is 25.9. The minimum Gasteiger partial charge on any atom is -0.369 e. The summed E-state index contributed by atoms with van der Waals surface area (Å²) in [6, 6.07) is 5.03. The molecular formula is C22H27BrClN3O4S. The van der Waals surface area contributed by atoms with E-state index in [0.717, 1.165) is 43.0 Å². The van der Waals surface area contributed by atoms with Gasteiger partial charge in [-0.3, -0.25) is 18.4 Å². The van der Waals surface area contributed by atoms with Gasteiger partial charge in [0.25, 0.3) is 11.3 Å². The quantitative estimate of drug-likeness (QED) is 0.473. The largest absolute Gasteiger partial charge is 0.369 e. The first-order chi connectivity index (χ1) is 15.1. The second kappa shape index (κ2) is 7.96. The number of nitrogens with one attached hydrogen (secondary N) is 1. The van der Waals surface area contributed by atoms with Gasteiger partial charge in [0.2, 0.25) is 11.8 Å². The van der Waals surface area contributed by atoms with Crippen LogP contribution in [0.15, 0.2) is 22.7 Å². The molecule has 0 saturated heterocycles. The zero-order chi connectivity index (χ0) is 22.8. The van der Waals surface area contributed by atoms with Crippen molar-refractivity contribution < 1.29 is 18.4 Å². The zero-order valence-corrected chi connectivity index (χ0v) is 20.7. The van der Waals surface area contributed by atoms with Gasteiger partial charge in [-0.2, -0.15) is 0 Å². The summed E-state index contributed by atoms with van der Waals surface area (Å²) < 4.78 is 24.7. The summed E-state index contributed by atoms with van der Waals surface area (Å²) in [7, 11) is 0. The number of carbonyl (C=O) groups is 2. The number of nitrogens with two attached hydrogens (primary N) is 1. The fraction of sp³-hybridized carbons (Fsp3) is 0.636. The van der Waals surface area contributed by atoms with Crippen molar-refractivity contribution in [3.05, 3.63) is 27.7 Å². The number of amides is 2.